The molecule has 0 aliphatic carbocycles. The molecule has 0 radical (unpaired) electrons. The van der Waals surface area contributed by atoms with Crippen LogP contribution >= 0.6 is 35.0 Å². The third kappa shape index (κ3) is 6.74. The fraction of sp³-hybridized carbons (Fsp3) is 0.263. The molecule has 0 spiro atoms. The maximum Gasteiger partial charge on any atom is 0.253 e. The van der Waals surface area contributed by atoms with Crippen molar-refractivity contribution in [1.82, 2.24) is 5.32 Å². The lowest BCUT2D eigenvalue weighted by Gasteiger charge is -2.11. The van der Waals surface area contributed by atoms with Gasteiger partial charge in [0.05, 0.1) is 23.6 Å². The molecule has 0 saturated heterocycles. The number of hydrogen-bond donors (Lipinski definition) is 2. The summed E-state index contributed by atoms with van der Waals surface area (Å²) in [6, 6.07) is 12.2. The van der Waals surface area contributed by atoms with Crippen molar-refractivity contribution < 1.29 is 14.3 Å². The van der Waals surface area contributed by atoms with E-state index in [1.165, 1.54) is 11.8 Å². The van der Waals surface area contributed by atoms with Gasteiger partial charge in [-0.1, -0.05) is 41.4 Å². The number of thioether (sulfide) groups is 1. The molecule has 0 bridgehead atoms. The van der Waals surface area contributed by atoms with Crippen molar-refractivity contribution in [2.24, 2.45) is 0 Å². The van der Waals surface area contributed by atoms with E-state index in [-0.39, 0.29) is 17.6 Å². The highest BCUT2D eigenvalue weighted by molar-refractivity contribution is 7.99. The van der Waals surface area contributed by atoms with Crippen molar-refractivity contribution in [1.29, 1.82) is 0 Å². The summed E-state index contributed by atoms with van der Waals surface area (Å²) in [6.07, 6.45) is 0. The van der Waals surface area contributed by atoms with Crippen molar-refractivity contribution in [3.8, 4) is 0 Å². The lowest BCUT2D eigenvalue weighted by atomic mass is 10.1. The summed E-state index contributed by atoms with van der Waals surface area (Å²) in [5.41, 5.74) is 1.67. The largest absolute Gasteiger partial charge is 0.383 e. The van der Waals surface area contributed by atoms with Gasteiger partial charge in [-0.2, -0.15) is 0 Å². The molecule has 2 amide bonds. The van der Waals surface area contributed by atoms with Gasteiger partial charge in [0.15, 0.2) is 0 Å². The normalized spacial score (nSPS) is 10.5. The van der Waals surface area contributed by atoms with Crippen LogP contribution in [0, 0.1) is 0 Å². The van der Waals surface area contributed by atoms with Crippen LogP contribution < -0.4 is 10.6 Å². The highest BCUT2D eigenvalue weighted by atomic mass is 35.5. The summed E-state index contributed by atoms with van der Waals surface area (Å²) >= 11 is 13.7. The molecule has 27 heavy (non-hydrogen) atoms. The van der Waals surface area contributed by atoms with Crippen LogP contribution in [0.1, 0.15) is 15.9 Å². The van der Waals surface area contributed by atoms with Crippen LogP contribution in [0.5, 0.6) is 0 Å². The lowest BCUT2D eigenvalue weighted by Crippen LogP contribution is -2.28. The number of carbonyl (C=O) groups is 2. The van der Waals surface area contributed by atoms with Gasteiger partial charge in [0, 0.05) is 29.5 Å². The maximum absolute atomic E-state index is 12.3. The van der Waals surface area contributed by atoms with E-state index in [0.29, 0.717) is 40.2 Å². The van der Waals surface area contributed by atoms with E-state index in [1.54, 1.807) is 49.6 Å². The smallest absolute Gasteiger partial charge is 0.253 e. The summed E-state index contributed by atoms with van der Waals surface area (Å²) in [5, 5.41) is 6.67. The van der Waals surface area contributed by atoms with Crippen LogP contribution in [0.25, 0.3) is 0 Å². The first-order valence-electron chi connectivity index (χ1n) is 8.19. The fourth-order valence-electron chi connectivity index (χ4n) is 2.25. The Labute approximate surface area is 172 Å². The zero-order valence-electron chi connectivity index (χ0n) is 14.8. The SMILES string of the molecule is COCCNC(=O)c1ccccc1NC(=O)CSCc1c(Cl)cccc1Cl. The Balaban J connectivity index is 1.91. The van der Waals surface area contributed by atoms with Gasteiger partial charge in [0.25, 0.3) is 5.91 Å². The average Bonchev–Trinajstić information content (AvgIpc) is 2.64. The van der Waals surface area contributed by atoms with Crippen molar-refractivity contribution in [3.63, 3.8) is 0 Å². The molecule has 2 rings (SSSR count). The first kappa shape index (κ1) is 21.6. The second-order valence-electron chi connectivity index (χ2n) is 5.54. The number of ether oxygens (including phenoxy) is 1. The number of halogens is 2. The van der Waals surface area contributed by atoms with E-state index in [2.05, 4.69) is 10.6 Å². The molecule has 0 atom stereocenters. The Kier molecular flexibility index (Phi) is 8.94. The third-order valence-corrected chi connectivity index (χ3v) is 5.25. The minimum atomic E-state index is -0.265. The lowest BCUT2D eigenvalue weighted by molar-refractivity contribution is -0.113. The summed E-state index contributed by atoms with van der Waals surface area (Å²) < 4.78 is 4.91. The molecular formula is C19H20Cl2N2O3S. The van der Waals surface area contributed by atoms with E-state index in [9.17, 15) is 9.59 Å². The molecule has 0 aromatic heterocycles. The summed E-state index contributed by atoms with van der Waals surface area (Å²) in [6.45, 7) is 0.813. The van der Waals surface area contributed by atoms with Crippen LogP contribution in [0.15, 0.2) is 42.5 Å². The van der Waals surface area contributed by atoms with Gasteiger partial charge in [-0.05, 0) is 29.8 Å². The summed E-state index contributed by atoms with van der Waals surface area (Å²) in [4.78, 5) is 24.5. The first-order valence-corrected chi connectivity index (χ1v) is 10.1. The monoisotopic (exact) mass is 426 g/mol. The second kappa shape index (κ2) is 11.2. The molecular weight excluding hydrogens is 407 g/mol. The summed E-state index contributed by atoms with van der Waals surface area (Å²) in [5.74, 6) is 0.255. The fourth-order valence-corrected chi connectivity index (χ4v) is 3.82. The van der Waals surface area contributed by atoms with Gasteiger partial charge in [-0.15, -0.1) is 11.8 Å². The molecule has 2 aromatic rings. The van der Waals surface area contributed by atoms with Crippen molar-refractivity contribution in [2.45, 2.75) is 5.75 Å². The van der Waals surface area contributed by atoms with Crippen LogP contribution in [0.4, 0.5) is 5.69 Å². The highest BCUT2D eigenvalue weighted by Crippen LogP contribution is 2.28. The first-order chi connectivity index (χ1) is 13.0. The quantitative estimate of drug-likeness (QED) is 0.588. The number of anilines is 1. The Bertz CT molecular complexity index is 782. The summed E-state index contributed by atoms with van der Waals surface area (Å²) in [7, 11) is 1.56. The molecule has 0 aliphatic heterocycles. The average molecular weight is 427 g/mol. The zero-order chi connectivity index (χ0) is 19.6. The molecule has 0 heterocycles. The molecule has 0 fully saturated rings. The number of methoxy groups -OCH3 is 1. The minimum absolute atomic E-state index is 0.208. The number of para-hydroxylation sites is 1. The van der Waals surface area contributed by atoms with Crippen molar-refractivity contribution in [3.05, 3.63) is 63.6 Å². The van der Waals surface area contributed by atoms with E-state index in [0.717, 1.165) is 5.56 Å². The number of rotatable bonds is 9. The Morgan fingerprint density at radius 3 is 2.48 bits per heavy atom. The van der Waals surface area contributed by atoms with Crippen molar-refractivity contribution in [2.75, 3.05) is 31.3 Å². The third-order valence-electron chi connectivity index (χ3n) is 3.58. The molecule has 0 aliphatic rings. The highest BCUT2D eigenvalue weighted by Gasteiger charge is 2.13. The van der Waals surface area contributed by atoms with Gasteiger partial charge in [0.2, 0.25) is 5.91 Å². The molecule has 8 heteroatoms. The van der Waals surface area contributed by atoms with Crippen LogP contribution in [0.3, 0.4) is 0 Å². The zero-order valence-corrected chi connectivity index (χ0v) is 17.1. The molecule has 2 N–H and O–H groups in total. The van der Waals surface area contributed by atoms with E-state index >= 15 is 0 Å². The van der Waals surface area contributed by atoms with E-state index in [1.807, 2.05) is 0 Å². The van der Waals surface area contributed by atoms with E-state index < -0.39 is 0 Å². The number of carbonyl (C=O) groups excluding carboxylic acids is 2. The maximum atomic E-state index is 12.3. The van der Waals surface area contributed by atoms with Gasteiger partial charge in [-0.3, -0.25) is 9.59 Å². The van der Waals surface area contributed by atoms with Gasteiger partial charge in [0.1, 0.15) is 0 Å². The number of hydrogen-bond acceptors (Lipinski definition) is 4. The molecule has 5 nitrogen and oxygen atoms in total. The number of amides is 2. The molecule has 0 saturated carbocycles. The molecule has 144 valence electrons. The van der Waals surface area contributed by atoms with Crippen molar-refractivity contribution >= 4 is 52.5 Å². The Morgan fingerprint density at radius 2 is 1.78 bits per heavy atom. The topological polar surface area (TPSA) is 67.4 Å². The standard InChI is InChI=1S/C19H20Cl2N2O3S/c1-26-10-9-22-19(25)13-5-2-3-8-17(13)23-18(24)12-27-11-14-15(20)6-4-7-16(14)21/h2-8H,9-12H2,1H3,(H,22,25)(H,23,24). The minimum Gasteiger partial charge on any atom is -0.383 e. The van der Waals surface area contributed by atoms with Crippen LogP contribution in [-0.2, 0) is 15.3 Å². The van der Waals surface area contributed by atoms with Gasteiger partial charge < -0.3 is 15.4 Å². The Hall–Kier alpha value is -1.73. The molecule has 0 unspecified atom stereocenters. The predicted molar refractivity (Wildman–Crippen MR) is 112 cm³/mol. The number of benzene rings is 2. The van der Waals surface area contributed by atoms with Gasteiger partial charge in [-0.25, -0.2) is 0 Å². The van der Waals surface area contributed by atoms with E-state index in [4.69, 9.17) is 27.9 Å². The van der Waals surface area contributed by atoms with Gasteiger partial charge >= 0.3 is 0 Å². The Morgan fingerprint density at radius 1 is 1.07 bits per heavy atom. The number of nitrogens with one attached hydrogen (secondary N) is 2. The predicted octanol–water partition coefficient (Wildman–Crippen LogP) is 4.24. The van der Waals surface area contributed by atoms with Crippen LogP contribution in [0.2, 0.25) is 10.0 Å². The van der Waals surface area contributed by atoms with Crippen LogP contribution in [-0.4, -0.2) is 37.8 Å². The second-order valence-corrected chi connectivity index (χ2v) is 7.34. The molecule has 2 aromatic carbocycles.